The number of aromatic carboxylic acids is 1. The average molecular weight is 288 g/mol. The third kappa shape index (κ3) is 3.05. The second-order valence-electron chi connectivity index (χ2n) is 6.27. The molecular formula is C17H24N2O2. The molecule has 0 bridgehead atoms. The van der Waals surface area contributed by atoms with Crippen LogP contribution in [0.15, 0.2) is 18.2 Å². The number of benzene rings is 1. The van der Waals surface area contributed by atoms with Gasteiger partial charge in [0.05, 0.1) is 5.56 Å². The van der Waals surface area contributed by atoms with Gasteiger partial charge in [0.25, 0.3) is 0 Å². The summed E-state index contributed by atoms with van der Waals surface area (Å²) in [6, 6.07) is 6.50. The number of anilines is 1. The zero-order valence-electron chi connectivity index (χ0n) is 12.7. The molecule has 1 aromatic rings. The first-order chi connectivity index (χ1) is 10.1. The number of rotatable bonds is 3. The van der Waals surface area contributed by atoms with Gasteiger partial charge >= 0.3 is 5.97 Å². The Labute approximate surface area is 126 Å². The molecule has 4 heteroatoms. The second kappa shape index (κ2) is 6.06. The van der Waals surface area contributed by atoms with E-state index in [9.17, 15) is 4.79 Å². The predicted octanol–water partition coefficient (Wildman–Crippen LogP) is 2.76. The molecule has 1 heterocycles. The van der Waals surface area contributed by atoms with E-state index < -0.39 is 5.97 Å². The normalized spacial score (nSPS) is 20.9. The summed E-state index contributed by atoms with van der Waals surface area (Å²) in [5.41, 5.74) is 2.41. The zero-order chi connectivity index (χ0) is 14.8. The first kappa shape index (κ1) is 14.4. The highest BCUT2D eigenvalue weighted by Gasteiger charge is 2.26. The summed E-state index contributed by atoms with van der Waals surface area (Å²) in [6.45, 7) is 6.22. The summed E-state index contributed by atoms with van der Waals surface area (Å²) in [5.74, 6) is -0.842. The molecule has 1 aliphatic heterocycles. The van der Waals surface area contributed by atoms with Crippen molar-refractivity contribution in [2.75, 3.05) is 31.1 Å². The summed E-state index contributed by atoms with van der Waals surface area (Å²) >= 11 is 0. The maximum atomic E-state index is 11.1. The summed E-state index contributed by atoms with van der Waals surface area (Å²) in [5, 5.41) is 9.10. The molecule has 2 fully saturated rings. The van der Waals surface area contributed by atoms with Crippen molar-refractivity contribution in [3.05, 3.63) is 29.3 Å². The van der Waals surface area contributed by atoms with E-state index in [2.05, 4.69) is 9.80 Å². The molecule has 4 nitrogen and oxygen atoms in total. The van der Waals surface area contributed by atoms with Gasteiger partial charge in [-0.15, -0.1) is 0 Å². The van der Waals surface area contributed by atoms with Crippen molar-refractivity contribution in [3.63, 3.8) is 0 Å². The topological polar surface area (TPSA) is 43.8 Å². The lowest BCUT2D eigenvalue weighted by Crippen LogP contribution is -2.49. The SMILES string of the molecule is Cc1cc(N2CCN(C3CCCC3)CC2)ccc1C(=O)O. The minimum Gasteiger partial charge on any atom is -0.478 e. The van der Waals surface area contributed by atoms with E-state index in [1.165, 1.54) is 25.7 Å². The van der Waals surface area contributed by atoms with Gasteiger partial charge in [-0.3, -0.25) is 4.90 Å². The van der Waals surface area contributed by atoms with Crippen molar-refractivity contribution >= 4 is 11.7 Å². The van der Waals surface area contributed by atoms with Crippen molar-refractivity contribution < 1.29 is 9.90 Å². The highest BCUT2D eigenvalue weighted by Crippen LogP contribution is 2.26. The van der Waals surface area contributed by atoms with E-state index >= 15 is 0 Å². The van der Waals surface area contributed by atoms with Gasteiger partial charge in [-0.05, 0) is 43.5 Å². The molecule has 0 atom stereocenters. The van der Waals surface area contributed by atoms with Gasteiger partial charge in [0.1, 0.15) is 0 Å². The van der Waals surface area contributed by atoms with Crippen LogP contribution in [0, 0.1) is 6.92 Å². The Hall–Kier alpha value is -1.55. The van der Waals surface area contributed by atoms with Crippen LogP contribution in [0.2, 0.25) is 0 Å². The van der Waals surface area contributed by atoms with Crippen LogP contribution in [0.4, 0.5) is 5.69 Å². The molecule has 0 spiro atoms. The summed E-state index contributed by atoms with van der Waals surface area (Å²) in [7, 11) is 0. The maximum absolute atomic E-state index is 11.1. The Morgan fingerprint density at radius 3 is 2.38 bits per heavy atom. The van der Waals surface area contributed by atoms with Gasteiger partial charge in [-0.1, -0.05) is 12.8 Å². The van der Waals surface area contributed by atoms with Crippen LogP contribution in [0.3, 0.4) is 0 Å². The fourth-order valence-electron chi connectivity index (χ4n) is 3.70. The third-order valence-electron chi connectivity index (χ3n) is 4.96. The number of nitrogens with zero attached hydrogens (tertiary/aromatic N) is 2. The zero-order valence-corrected chi connectivity index (χ0v) is 12.7. The van der Waals surface area contributed by atoms with E-state index in [4.69, 9.17) is 5.11 Å². The van der Waals surface area contributed by atoms with Gasteiger partial charge in [-0.25, -0.2) is 4.79 Å². The first-order valence-corrected chi connectivity index (χ1v) is 7.98. The predicted molar refractivity (Wildman–Crippen MR) is 84.2 cm³/mol. The van der Waals surface area contributed by atoms with E-state index in [0.717, 1.165) is 43.5 Å². The first-order valence-electron chi connectivity index (χ1n) is 7.98. The molecule has 1 N–H and O–H groups in total. The highest BCUT2D eigenvalue weighted by molar-refractivity contribution is 5.89. The molecule has 1 saturated carbocycles. The number of carboxylic acids is 1. The van der Waals surface area contributed by atoms with E-state index in [1.54, 1.807) is 6.07 Å². The lowest BCUT2D eigenvalue weighted by Gasteiger charge is -2.39. The van der Waals surface area contributed by atoms with Crippen LogP contribution < -0.4 is 4.90 Å². The fraction of sp³-hybridized carbons (Fsp3) is 0.588. The number of piperazine rings is 1. The number of aryl methyl sites for hydroxylation is 1. The lowest BCUT2D eigenvalue weighted by atomic mass is 10.1. The molecule has 1 aliphatic carbocycles. The number of hydrogen-bond acceptors (Lipinski definition) is 3. The van der Waals surface area contributed by atoms with E-state index in [0.29, 0.717) is 5.56 Å². The fourth-order valence-corrected chi connectivity index (χ4v) is 3.70. The average Bonchev–Trinajstić information content (AvgIpc) is 3.01. The van der Waals surface area contributed by atoms with Crippen molar-refractivity contribution in [2.24, 2.45) is 0 Å². The van der Waals surface area contributed by atoms with Gasteiger partial charge in [0, 0.05) is 37.9 Å². The molecule has 0 unspecified atom stereocenters. The summed E-state index contributed by atoms with van der Waals surface area (Å²) in [4.78, 5) is 16.1. The molecule has 21 heavy (non-hydrogen) atoms. The number of hydrogen-bond donors (Lipinski definition) is 1. The maximum Gasteiger partial charge on any atom is 0.335 e. The third-order valence-corrected chi connectivity index (χ3v) is 4.96. The van der Waals surface area contributed by atoms with E-state index in [1.807, 2.05) is 19.1 Å². The van der Waals surface area contributed by atoms with E-state index in [-0.39, 0.29) is 0 Å². The second-order valence-corrected chi connectivity index (χ2v) is 6.27. The molecule has 1 saturated heterocycles. The molecule has 1 aromatic carbocycles. The summed E-state index contributed by atoms with van der Waals surface area (Å²) in [6.07, 6.45) is 5.51. The standard InChI is InChI=1S/C17H24N2O2/c1-13-12-15(6-7-16(13)17(20)21)19-10-8-18(9-11-19)14-4-2-3-5-14/h6-7,12,14H,2-5,8-11H2,1H3,(H,20,21). The smallest absolute Gasteiger partial charge is 0.335 e. The van der Waals surface area contributed by atoms with Gasteiger partial charge in [-0.2, -0.15) is 0 Å². The molecule has 3 rings (SSSR count). The largest absolute Gasteiger partial charge is 0.478 e. The van der Waals surface area contributed by atoms with Gasteiger partial charge < -0.3 is 10.0 Å². The van der Waals surface area contributed by atoms with Gasteiger partial charge in [0.15, 0.2) is 0 Å². The molecule has 114 valence electrons. The molecule has 0 amide bonds. The van der Waals surface area contributed by atoms with Crippen LogP contribution in [-0.4, -0.2) is 48.2 Å². The van der Waals surface area contributed by atoms with Gasteiger partial charge in [0.2, 0.25) is 0 Å². The van der Waals surface area contributed by atoms with Crippen molar-refractivity contribution in [1.29, 1.82) is 0 Å². The Morgan fingerprint density at radius 2 is 1.81 bits per heavy atom. The minimum atomic E-state index is -0.842. The van der Waals surface area contributed by atoms with Crippen LogP contribution in [0.25, 0.3) is 0 Å². The number of carbonyl (C=O) groups is 1. The summed E-state index contributed by atoms with van der Waals surface area (Å²) < 4.78 is 0. The molecule has 0 aromatic heterocycles. The van der Waals surface area contributed by atoms with Crippen molar-refractivity contribution in [2.45, 2.75) is 38.6 Å². The van der Waals surface area contributed by atoms with Crippen LogP contribution in [0.5, 0.6) is 0 Å². The minimum absolute atomic E-state index is 0.406. The quantitative estimate of drug-likeness (QED) is 0.929. The molecule has 2 aliphatic rings. The number of carboxylic acid groups (broad SMARTS) is 1. The van der Waals surface area contributed by atoms with Crippen LogP contribution >= 0.6 is 0 Å². The van der Waals surface area contributed by atoms with Crippen LogP contribution in [-0.2, 0) is 0 Å². The molecule has 0 radical (unpaired) electrons. The Kier molecular flexibility index (Phi) is 4.15. The van der Waals surface area contributed by atoms with Crippen molar-refractivity contribution in [1.82, 2.24) is 4.90 Å². The highest BCUT2D eigenvalue weighted by atomic mass is 16.4. The van der Waals surface area contributed by atoms with Crippen molar-refractivity contribution in [3.8, 4) is 0 Å². The Balaban J connectivity index is 1.64. The lowest BCUT2D eigenvalue weighted by molar-refractivity contribution is 0.0696. The van der Waals surface area contributed by atoms with Crippen LogP contribution in [0.1, 0.15) is 41.6 Å². The molecular weight excluding hydrogens is 264 g/mol. The Morgan fingerprint density at radius 1 is 1.14 bits per heavy atom. The Bertz CT molecular complexity index is 516. The monoisotopic (exact) mass is 288 g/mol.